The van der Waals surface area contributed by atoms with Gasteiger partial charge in [0.25, 0.3) is 0 Å². The fourth-order valence-corrected chi connectivity index (χ4v) is 4.52. The zero-order valence-electron chi connectivity index (χ0n) is 14.8. The Labute approximate surface area is 149 Å². The monoisotopic (exact) mass is 352 g/mol. The SMILES string of the molecule is CN(C)[C@@H](C(=O)NCCCSC1CCCCC1)c1ccccc1F. The standard InChI is InChI=1S/C19H29FN2OS/c1-22(2)18(16-11-6-7-12-17(16)20)19(23)21-13-8-14-24-15-9-4-3-5-10-15/h6-7,11-12,15,18H,3-5,8-10,13-14H2,1-2H3,(H,21,23)/t18-/m1/s1. The number of halogens is 1. The lowest BCUT2D eigenvalue weighted by Crippen LogP contribution is -2.38. The topological polar surface area (TPSA) is 32.3 Å². The molecule has 2 rings (SSSR count). The molecule has 1 N–H and O–H groups in total. The van der Waals surface area contributed by atoms with Crippen LogP contribution in [0.1, 0.15) is 50.1 Å². The van der Waals surface area contributed by atoms with E-state index in [2.05, 4.69) is 5.32 Å². The zero-order chi connectivity index (χ0) is 17.4. The van der Waals surface area contributed by atoms with Crippen molar-refractivity contribution >= 4 is 17.7 Å². The van der Waals surface area contributed by atoms with Gasteiger partial charge in [-0.1, -0.05) is 37.5 Å². The average molecular weight is 353 g/mol. The van der Waals surface area contributed by atoms with Crippen molar-refractivity contribution in [3.05, 3.63) is 35.6 Å². The molecule has 0 spiro atoms. The van der Waals surface area contributed by atoms with E-state index in [0.717, 1.165) is 17.4 Å². The number of nitrogens with one attached hydrogen (secondary N) is 1. The number of thioether (sulfide) groups is 1. The van der Waals surface area contributed by atoms with Crippen LogP contribution in [0.2, 0.25) is 0 Å². The minimum atomic E-state index is -0.586. The number of rotatable bonds is 8. The molecule has 1 aromatic carbocycles. The van der Waals surface area contributed by atoms with E-state index in [9.17, 15) is 9.18 Å². The normalized spacial score (nSPS) is 17.0. The third-order valence-corrected chi connectivity index (χ3v) is 5.96. The van der Waals surface area contributed by atoms with Gasteiger partial charge in [-0.05, 0) is 45.2 Å². The summed E-state index contributed by atoms with van der Waals surface area (Å²) >= 11 is 2.04. The summed E-state index contributed by atoms with van der Waals surface area (Å²) in [7, 11) is 3.60. The molecule has 1 aromatic rings. The van der Waals surface area contributed by atoms with E-state index in [1.807, 2.05) is 11.8 Å². The summed E-state index contributed by atoms with van der Waals surface area (Å²) in [4.78, 5) is 14.2. The number of amides is 1. The highest BCUT2D eigenvalue weighted by molar-refractivity contribution is 7.99. The Hall–Kier alpha value is -1.07. The van der Waals surface area contributed by atoms with Crippen LogP contribution in [-0.4, -0.2) is 42.4 Å². The van der Waals surface area contributed by atoms with Crippen molar-refractivity contribution < 1.29 is 9.18 Å². The van der Waals surface area contributed by atoms with E-state index in [1.54, 1.807) is 37.2 Å². The van der Waals surface area contributed by atoms with Crippen molar-refractivity contribution in [1.82, 2.24) is 10.2 Å². The summed E-state index contributed by atoms with van der Waals surface area (Å²) < 4.78 is 14.0. The fourth-order valence-electron chi connectivity index (χ4n) is 3.21. The van der Waals surface area contributed by atoms with Gasteiger partial charge >= 0.3 is 0 Å². The van der Waals surface area contributed by atoms with E-state index in [0.29, 0.717) is 12.1 Å². The Bertz CT molecular complexity index is 518. The Balaban J connectivity index is 1.76. The fraction of sp³-hybridized carbons (Fsp3) is 0.632. The van der Waals surface area contributed by atoms with Gasteiger partial charge in [0.2, 0.25) is 5.91 Å². The van der Waals surface area contributed by atoms with Crippen molar-refractivity contribution in [3.63, 3.8) is 0 Å². The maximum atomic E-state index is 14.0. The Kier molecular flexibility index (Phi) is 8.06. The number of carbonyl (C=O) groups excluding carboxylic acids is 1. The van der Waals surface area contributed by atoms with Gasteiger partial charge in [-0.2, -0.15) is 11.8 Å². The lowest BCUT2D eigenvalue weighted by molar-refractivity contribution is -0.125. The molecule has 0 saturated heterocycles. The summed E-state index contributed by atoms with van der Waals surface area (Å²) in [5.41, 5.74) is 0.427. The Morgan fingerprint density at radius 3 is 2.67 bits per heavy atom. The number of carbonyl (C=O) groups is 1. The molecule has 0 aliphatic heterocycles. The van der Waals surface area contributed by atoms with Gasteiger partial charge in [0.05, 0.1) is 0 Å². The molecule has 0 bridgehead atoms. The molecular weight excluding hydrogens is 323 g/mol. The van der Waals surface area contributed by atoms with Crippen LogP contribution in [0.3, 0.4) is 0 Å². The third kappa shape index (κ3) is 5.78. The minimum Gasteiger partial charge on any atom is -0.354 e. The van der Waals surface area contributed by atoms with Gasteiger partial charge in [-0.15, -0.1) is 0 Å². The number of hydrogen-bond acceptors (Lipinski definition) is 3. The first kappa shape index (κ1) is 19.3. The highest BCUT2D eigenvalue weighted by atomic mass is 32.2. The van der Waals surface area contributed by atoms with Crippen LogP contribution in [0.4, 0.5) is 4.39 Å². The lowest BCUT2D eigenvalue weighted by Gasteiger charge is -2.24. The molecule has 0 aromatic heterocycles. The quantitative estimate of drug-likeness (QED) is 0.718. The number of likely N-dealkylation sites (N-methyl/N-ethyl adjacent to an activating group) is 1. The molecule has 3 nitrogen and oxygen atoms in total. The summed E-state index contributed by atoms with van der Waals surface area (Å²) in [5, 5.41) is 3.77. The first-order valence-corrected chi connectivity index (χ1v) is 9.94. The van der Waals surface area contributed by atoms with Crippen molar-refractivity contribution in [2.75, 3.05) is 26.4 Å². The summed E-state index contributed by atoms with van der Waals surface area (Å²) in [5.74, 6) is 0.615. The van der Waals surface area contributed by atoms with Gasteiger partial charge in [0.1, 0.15) is 11.9 Å². The van der Waals surface area contributed by atoms with Gasteiger partial charge in [0.15, 0.2) is 0 Å². The highest BCUT2D eigenvalue weighted by Crippen LogP contribution is 2.28. The molecule has 1 aliphatic carbocycles. The van der Waals surface area contributed by atoms with Crippen molar-refractivity contribution in [2.45, 2.75) is 49.8 Å². The minimum absolute atomic E-state index is 0.132. The second-order valence-corrected chi connectivity index (χ2v) is 8.07. The molecule has 1 fully saturated rings. The zero-order valence-corrected chi connectivity index (χ0v) is 15.6. The smallest absolute Gasteiger partial charge is 0.242 e. The first-order valence-electron chi connectivity index (χ1n) is 8.89. The van der Waals surface area contributed by atoms with E-state index >= 15 is 0 Å². The van der Waals surface area contributed by atoms with Gasteiger partial charge in [0, 0.05) is 17.4 Å². The van der Waals surface area contributed by atoms with Gasteiger partial charge in [-0.3, -0.25) is 9.69 Å². The molecule has 0 heterocycles. The van der Waals surface area contributed by atoms with Crippen molar-refractivity contribution in [3.8, 4) is 0 Å². The summed E-state index contributed by atoms with van der Waals surface area (Å²) in [6.07, 6.45) is 7.75. The molecule has 5 heteroatoms. The van der Waals surface area contributed by atoms with Crippen LogP contribution in [0.15, 0.2) is 24.3 Å². The maximum absolute atomic E-state index is 14.0. The van der Waals surface area contributed by atoms with Crippen molar-refractivity contribution in [1.29, 1.82) is 0 Å². The number of benzene rings is 1. The van der Waals surface area contributed by atoms with Crippen LogP contribution >= 0.6 is 11.8 Å². The third-order valence-electron chi connectivity index (χ3n) is 4.49. The van der Waals surface area contributed by atoms with Gasteiger partial charge in [-0.25, -0.2) is 4.39 Å². The van der Waals surface area contributed by atoms with E-state index in [1.165, 1.54) is 38.2 Å². The maximum Gasteiger partial charge on any atom is 0.242 e. The lowest BCUT2D eigenvalue weighted by atomic mass is 10.0. The molecular formula is C19H29FN2OS. The van der Waals surface area contributed by atoms with Crippen LogP contribution in [0.5, 0.6) is 0 Å². The largest absolute Gasteiger partial charge is 0.354 e. The second-order valence-electron chi connectivity index (χ2n) is 6.66. The Morgan fingerprint density at radius 2 is 2.00 bits per heavy atom. The molecule has 1 aliphatic rings. The molecule has 24 heavy (non-hydrogen) atoms. The predicted molar refractivity (Wildman–Crippen MR) is 99.8 cm³/mol. The summed E-state index contributed by atoms with van der Waals surface area (Å²) in [6.45, 7) is 0.650. The number of nitrogens with zero attached hydrogens (tertiary/aromatic N) is 1. The highest BCUT2D eigenvalue weighted by Gasteiger charge is 2.25. The Morgan fingerprint density at radius 1 is 1.29 bits per heavy atom. The van der Waals surface area contributed by atoms with E-state index in [-0.39, 0.29) is 11.7 Å². The molecule has 134 valence electrons. The first-order chi connectivity index (χ1) is 11.6. The van der Waals surface area contributed by atoms with Crippen LogP contribution < -0.4 is 5.32 Å². The van der Waals surface area contributed by atoms with Crippen molar-refractivity contribution in [2.24, 2.45) is 0 Å². The predicted octanol–water partition coefficient (Wildman–Crippen LogP) is 4.00. The van der Waals surface area contributed by atoms with Crippen LogP contribution in [-0.2, 0) is 4.79 Å². The van der Waals surface area contributed by atoms with E-state index in [4.69, 9.17) is 0 Å². The molecule has 1 atom stereocenters. The molecule has 1 amide bonds. The van der Waals surface area contributed by atoms with Gasteiger partial charge < -0.3 is 5.32 Å². The summed E-state index contributed by atoms with van der Waals surface area (Å²) in [6, 6.07) is 5.91. The molecule has 0 radical (unpaired) electrons. The second kappa shape index (κ2) is 10.0. The number of hydrogen-bond donors (Lipinski definition) is 1. The average Bonchev–Trinajstić information content (AvgIpc) is 2.57. The van der Waals surface area contributed by atoms with Crippen LogP contribution in [0.25, 0.3) is 0 Å². The van der Waals surface area contributed by atoms with E-state index < -0.39 is 6.04 Å². The molecule has 1 saturated carbocycles. The molecule has 0 unspecified atom stereocenters. The van der Waals surface area contributed by atoms with Crippen LogP contribution in [0, 0.1) is 5.82 Å².